The average Bonchev–Trinajstić information content (AvgIpc) is 3.02. The molecule has 0 saturated heterocycles. The molecule has 0 spiro atoms. The van der Waals surface area contributed by atoms with Crippen LogP contribution in [0.5, 0.6) is 0 Å². The molecule has 2 heterocycles. The van der Waals surface area contributed by atoms with Crippen LogP contribution in [0, 0.1) is 0 Å². The molecule has 2 aromatic heterocycles. The van der Waals surface area contributed by atoms with Crippen molar-refractivity contribution in [2.24, 2.45) is 0 Å². The predicted molar refractivity (Wildman–Crippen MR) is 165 cm³/mol. The van der Waals surface area contributed by atoms with Crippen LogP contribution in [0.2, 0.25) is 0 Å². The molecule has 42 heavy (non-hydrogen) atoms. The first-order valence-corrected chi connectivity index (χ1v) is 14.3. The highest BCUT2D eigenvalue weighted by Crippen LogP contribution is 2.40. The minimum absolute atomic E-state index is 0.135. The summed E-state index contributed by atoms with van der Waals surface area (Å²) in [6.07, 6.45) is 4.51. The number of hydrogen-bond donors (Lipinski definition) is 4. The van der Waals surface area contributed by atoms with Gasteiger partial charge in [-0.15, -0.1) is 10.2 Å². The van der Waals surface area contributed by atoms with E-state index in [0.717, 1.165) is 59.6 Å². The second-order valence-electron chi connectivity index (χ2n) is 10.6. The third-order valence-electron chi connectivity index (χ3n) is 7.58. The van der Waals surface area contributed by atoms with E-state index in [-0.39, 0.29) is 36.5 Å². The molecule has 2 aromatic carbocycles. The number of benzene rings is 2. The number of aromatic nitrogens is 4. The van der Waals surface area contributed by atoms with Crippen molar-refractivity contribution in [2.45, 2.75) is 50.4 Å². The van der Waals surface area contributed by atoms with E-state index in [1.807, 2.05) is 86.9 Å². The van der Waals surface area contributed by atoms with Gasteiger partial charge in [0.15, 0.2) is 11.6 Å². The molecule has 1 fully saturated rings. The highest BCUT2D eigenvalue weighted by atomic mass is 16.2. The molecule has 0 aliphatic heterocycles. The first-order valence-electron chi connectivity index (χ1n) is 14.3. The van der Waals surface area contributed by atoms with Crippen LogP contribution in [-0.2, 0) is 22.4 Å². The van der Waals surface area contributed by atoms with Gasteiger partial charge in [0.2, 0.25) is 11.8 Å². The van der Waals surface area contributed by atoms with Gasteiger partial charge in [-0.2, -0.15) is 10.2 Å². The van der Waals surface area contributed by atoms with Crippen molar-refractivity contribution in [3.8, 4) is 0 Å². The monoisotopic (exact) mass is 564 g/mol. The lowest BCUT2D eigenvalue weighted by molar-refractivity contribution is -0.116. The number of carbonyl (C=O) groups excluding carboxylic acids is 2. The quantitative estimate of drug-likeness (QED) is 0.208. The van der Waals surface area contributed by atoms with E-state index < -0.39 is 0 Å². The Morgan fingerprint density at radius 2 is 1.14 bits per heavy atom. The Morgan fingerprint density at radius 1 is 0.667 bits per heavy atom. The minimum atomic E-state index is -0.135. The zero-order valence-electron chi connectivity index (χ0n) is 23.9. The van der Waals surface area contributed by atoms with Gasteiger partial charge in [0.25, 0.3) is 0 Å². The molecule has 4 aromatic rings. The fraction of sp³-hybridized carbons (Fsp3) is 0.312. The molecule has 1 aliphatic rings. The first-order chi connectivity index (χ1) is 20.5. The number of carbonyl (C=O) groups is 2. The van der Waals surface area contributed by atoms with Crippen LogP contribution >= 0.6 is 0 Å². The lowest BCUT2D eigenvalue weighted by Crippen LogP contribution is -2.18. The molecule has 1 saturated carbocycles. The van der Waals surface area contributed by atoms with Crippen LogP contribution < -0.4 is 21.3 Å². The zero-order chi connectivity index (χ0) is 29.3. The van der Waals surface area contributed by atoms with E-state index >= 15 is 0 Å². The van der Waals surface area contributed by atoms with Gasteiger partial charge in [-0.05, 0) is 78.9 Å². The van der Waals surface area contributed by atoms with Gasteiger partial charge in [-0.3, -0.25) is 9.59 Å². The summed E-state index contributed by atoms with van der Waals surface area (Å²) >= 11 is 0. The van der Waals surface area contributed by atoms with E-state index in [9.17, 15) is 9.59 Å². The van der Waals surface area contributed by atoms with Crippen molar-refractivity contribution in [3.63, 3.8) is 0 Å². The number of amides is 2. The van der Waals surface area contributed by atoms with Crippen LogP contribution in [0.4, 0.5) is 23.0 Å². The fourth-order valence-electron chi connectivity index (χ4n) is 5.40. The van der Waals surface area contributed by atoms with Crippen molar-refractivity contribution in [2.75, 3.05) is 35.4 Å². The number of rotatable bonds is 10. The molecule has 10 nitrogen and oxygen atoms in total. The largest absolute Gasteiger partial charge is 0.388 e. The molecule has 0 bridgehead atoms. The van der Waals surface area contributed by atoms with Gasteiger partial charge in [0.05, 0.1) is 24.2 Å². The molecule has 2 amide bonds. The summed E-state index contributed by atoms with van der Waals surface area (Å²) in [6, 6.07) is 23.1. The Morgan fingerprint density at radius 3 is 1.55 bits per heavy atom. The van der Waals surface area contributed by atoms with E-state index in [2.05, 4.69) is 41.7 Å². The summed E-state index contributed by atoms with van der Waals surface area (Å²) in [7, 11) is 3.70. The maximum Gasteiger partial charge on any atom is 0.229 e. The molecule has 5 rings (SSSR count). The standard InChI is InChI=1S/C32H36N8O2/c1-33-25-10-3-6-21(16-25)18-31(41)35-29-14-12-27(37-39-29)23-8-5-9-24(20-23)28-13-15-30(40-38-28)36-32(42)19-22-7-4-11-26(17-22)34-2/h3-4,6-7,10-17,23-24,33-34H,5,8-9,18-20H2,1-2H3,(H,35,39,41)(H,36,40,42). The molecule has 2 atom stereocenters. The van der Waals surface area contributed by atoms with Gasteiger partial charge >= 0.3 is 0 Å². The molecule has 2 unspecified atom stereocenters. The van der Waals surface area contributed by atoms with Crippen LogP contribution in [0.25, 0.3) is 0 Å². The van der Waals surface area contributed by atoms with E-state index in [1.54, 1.807) is 0 Å². The molecule has 216 valence electrons. The van der Waals surface area contributed by atoms with Crippen LogP contribution in [-0.4, -0.2) is 46.3 Å². The topological polar surface area (TPSA) is 134 Å². The van der Waals surface area contributed by atoms with Crippen molar-refractivity contribution < 1.29 is 9.59 Å². The Labute approximate surface area is 245 Å². The van der Waals surface area contributed by atoms with Crippen LogP contribution in [0.3, 0.4) is 0 Å². The third kappa shape index (κ3) is 7.66. The van der Waals surface area contributed by atoms with Gasteiger partial charge in [-0.1, -0.05) is 30.7 Å². The van der Waals surface area contributed by atoms with E-state index in [0.29, 0.717) is 11.6 Å². The van der Waals surface area contributed by atoms with Crippen LogP contribution in [0.15, 0.2) is 72.8 Å². The number of nitrogens with zero attached hydrogens (tertiary/aromatic N) is 4. The summed E-state index contributed by atoms with van der Waals surface area (Å²) in [5, 5.41) is 29.3. The highest BCUT2D eigenvalue weighted by molar-refractivity contribution is 5.92. The molecule has 4 N–H and O–H groups in total. The summed E-state index contributed by atoms with van der Waals surface area (Å²) in [4.78, 5) is 25.0. The number of nitrogens with one attached hydrogen (secondary N) is 4. The van der Waals surface area contributed by atoms with Gasteiger partial charge in [0, 0.05) is 37.3 Å². The SMILES string of the molecule is CNc1cccc(CC(=O)Nc2ccc(C3CCCC(c4ccc(NC(=O)Cc5cccc(NC)c5)nn4)C3)nn2)c1. The molecule has 1 aliphatic carbocycles. The zero-order valence-corrected chi connectivity index (χ0v) is 23.9. The van der Waals surface area contributed by atoms with Crippen molar-refractivity contribution in [1.82, 2.24) is 20.4 Å². The third-order valence-corrected chi connectivity index (χ3v) is 7.58. The maximum absolute atomic E-state index is 12.5. The smallest absolute Gasteiger partial charge is 0.229 e. The van der Waals surface area contributed by atoms with Gasteiger partial charge in [-0.25, -0.2) is 0 Å². The lowest BCUT2D eigenvalue weighted by atomic mass is 9.78. The Balaban J connectivity index is 1.13. The summed E-state index contributed by atoms with van der Waals surface area (Å²) in [5.41, 5.74) is 5.60. The van der Waals surface area contributed by atoms with Crippen molar-refractivity contribution in [3.05, 3.63) is 95.3 Å². The molecule has 0 radical (unpaired) electrons. The van der Waals surface area contributed by atoms with Crippen molar-refractivity contribution >= 4 is 34.8 Å². The Kier molecular flexibility index (Phi) is 9.33. The van der Waals surface area contributed by atoms with Gasteiger partial charge in [0.1, 0.15) is 0 Å². The number of hydrogen-bond acceptors (Lipinski definition) is 8. The van der Waals surface area contributed by atoms with Gasteiger partial charge < -0.3 is 21.3 Å². The second-order valence-corrected chi connectivity index (χ2v) is 10.6. The predicted octanol–water partition coefficient (Wildman–Crippen LogP) is 5.15. The Bertz CT molecular complexity index is 1390. The van der Waals surface area contributed by atoms with Crippen LogP contribution in [0.1, 0.15) is 60.0 Å². The molecular weight excluding hydrogens is 528 g/mol. The average molecular weight is 565 g/mol. The van der Waals surface area contributed by atoms with E-state index in [4.69, 9.17) is 0 Å². The molecular formula is C32H36N8O2. The minimum Gasteiger partial charge on any atom is -0.388 e. The molecule has 10 heteroatoms. The normalized spacial score (nSPS) is 16.3. The van der Waals surface area contributed by atoms with Crippen molar-refractivity contribution in [1.29, 1.82) is 0 Å². The number of anilines is 4. The Hall–Kier alpha value is -4.86. The fourth-order valence-corrected chi connectivity index (χ4v) is 5.40. The highest BCUT2D eigenvalue weighted by Gasteiger charge is 2.27. The second kappa shape index (κ2) is 13.7. The summed E-state index contributed by atoms with van der Waals surface area (Å²) in [5.74, 6) is 1.12. The summed E-state index contributed by atoms with van der Waals surface area (Å²) < 4.78 is 0. The van der Waals surface area contributed by atoms with E-state index in [1.165, 1.54) is 0 Å². The lowest BCUT2D eigenvalue weighted by Gasteiger charge is -2.28. The first kappa shape index (κ1) is 28.7. The summed E-state index contributed by atoms with van der Waals surface area (Å²) in [6.45, 7) is 0. The maximum atomic E-state index is 12.5.